The molecule has 3 aromatic rings. The van der Waals surface area contributed by atoms with E-state index >= 15 is 0 Å². The van der Waals surface area contributed by atoms with Gasteiger partial charge in [0.2, 0.25) is 0 Å². The highest BCUT2D eigenvalue weighted by molar-refractivity contribution is 7.13. The Morgan fingerprint density at radius 3 is 2.68 bits per heavy atom. The van der Waals surface area contributed by atoms with Gasteiger partial charge >= 0.3 is 0 Å². The molecule has 1 aromatic carbocycles. The molecule has 0 N–H and O–H groups in total. The first-order chi connectivity index (χ1) is 13.7. The van der Waals surface area contributed by atoms with Crippen LogP contribution < -0.4 is 4.74 Å². The topological polar surface area (TPSA) is 55.3 Å². The van der Waals surface area contributed by atoms with Gasteiger partial charge in [-0.3, -0.25) is 9.78 Å². The molecule has 2 aromatic heterocycles. The van der Waals surface area contributed by atoms with Crippen LogP contribution >= 0.6 is 11.3 Å². The van der Waals surface area contributed by atoms with Crippen LogP contribution in [0, 0.1) is 0 Å². The van der Waals surface area contributed by atoms with Crippen molar-refractivity contribution in [1.29, 1.82) is 0 Å². The Balaban J connectivity index is 1.55. The van der Waals surface area contributed by atoms with Crippen LogP contribution in [0.5, 0.6) is 5.75 Å². The number of ether oxygens (including phenoxy) is 1. The Kier molecular flexibility index (Phi) is 5.39. The van der Waals surface area contributed by atoms with Gasteiger partial charge in [0.1, 0.15) is 16.5 Å². The van der Waals surface area contributed by atoms with Crippen molar-refractivity contribution >= 4 is 17.2 Å². The second-order valence-electron chi connectivity index (χ2n) is 6.87. The summed E-state index contributed by atoms with van der Waals surface area (Å²) in [6, 6.07) is 13.9. The highest BCUT2D eigenvalue weighted by Crippen LogP contribution is 2.36. The van der Waals surface area contributed by atoms with Crippen molar-refractivity contribution in [3.05, 3.63) is 65.4 Å². The fourth-order valence-electron chi connectivity index (χ4n) is 3.27. The van der Waals surface area contributed by atoms with E-state index in [4.69, 9.17) is 4.74 Å². The average molecular weight is 394 g/mol. The van der Waals surface area contributed by atoms with Crippen molar-refractivity contribution < 1.29 is 9.53 Å². The van der Waals surface area contributed by atoms with Gasteiger partial charge in [-0.25, -0.2) is 4.98 Å². The summed E-state index contributed by atoms with van der Waals surface area (Å²) < 4.78 is 5.49. The van der Waals surface area contributed by atoms with E-state index in [0.717, 1.165) is 34.9 Å². The molecule has 1 aliphatic carbocycles. The Morgan fingerprint density at radius 2 is 2.04 bits per heavy atom. The zero-order chi connectivity index (χ0) is 19.5. The van der Waals surface area contributed by atoms with Gasteiger partial charge in [0.15, 0.2) is 0 Å². The fraction of sp³-hybridized carbons (Fsp3) is 0.318. The van der Waals surface area contributed by atoms with Crippen LogP contribution in [0.1, 0.15) is 48.9 Å². The molecule has 0 radical (unpaired) electrons. The summed E-state index contributed by atoms with van der Waals surface area (Å²) in [5, 5.41) is 2.70. The van der Waals surface area contributed by atoms with Crippen LogP contribution in [0.25, 0.3) is 10.6 Å². The van der Waals surface area contributed by atoms with E-state index < -0.39 is 0 Å². The molecule has 5 nitrogen and oxygen atoms in total. The van der Waals surface area contributed by atoms with Crippen LogP contribution in [-0.2, 0) is 0 Å². The van der Waals surface area contributed by atoms with Crippen molar-refractivity contribution in [2.75, 3.05) is 6.61 Å². The number of amides is 1. The lowest BCUT2D eigenvalue weighted by molar-refractivity contribution is 0.0665. The van der Waals surface area contributed by atoms with E-state index in [1.54, 1.807) is 6.20 Å². The van der Waals surface area contributed by atoms with E-state index in [-0.39, 0.29) is 18.0 Å². The first-order valence-electron chi connectivity index (χ1n) is 9.59. The minimum Gasteiger partial charge on any atom is -0.494 e. The Morgan fingerprint density at radius 1 is 1.25 bits per heavy atom. The van der Waals surface area contributed by atoms with E-state index in [1.165, 1.54) is 11.3 Å². The molecule has 1 aliphatic rings. The molecule has 1 fully saturated rings. The van der Waals surface area contributed by atoms with E-state index in [2.05, 4.69) is 9.97 Å². The molecule has 1 unspecified atom stereocenters. The minimum atomic E-state index is -0.0724. The van der Waals surface area contributed by atoms with E-state index in [9.17, 15) is 4.79 Å². The zero-order valence-corrected chi connectivity index (χ0v) is 16.9. The first kappa shape index (κ1) is 18.6. The van der Waals surface area contributed by atoms with Gasteiger partial charge in [-0.2, -0.15) is 0 Å². The van der Waals surface area contributed by atoms with Crippen molar-refractivity contribution in [3.63, 3.8) is 0 Å². The summed E-state index contributed by atoms with van der Waals surface area (Å²) in [6.07, 6.45) is 3.85. The number of benzene rings is 1. The monoisotopic (exact) mass is 393 g/mol. The van der Waals surface area contributed by atoms with Crippen molar-refractivity contribution in [1.82, 2.24) is 14.9 Å². The summed E-state index contributed by atoms with van der Waals surface area (Å²) in [6.45, 7) is 4.64. The zero-order valence-electron chi connectivity index (χ0n) is 16.0. The molecule has 0 aliphatic heterocycles. The van der Waals surface area contributed by atoms with Crippen LogP contribution in [0.3, 0.4) is 0 Å². The average Bonchev–Trinajstić information content (AvgIpc) is 3.44. The van der Waals surface area contributed by atoms with E-state index in [0.29, 0.717) is 12.3 Å². The molecular formula is C22H23N3O2S. The summed E-state index contributed by atoms with van der Waals surface area (Å²) in [5.74, 6) is 0.817. The molecule has 0 spiro atoms. The predicted octanol–water partition coefficient (Wildman–Crippen LogP) is 4.97. The second kappa shape index (κ2) is 8.10. The number of aromatic nitrogens is 2. The largest absolute Gasteiger partial charge is 0.494 e. The fourth-order valence-corrected chi connectivity index (χ4v) is 4.07. The second-order valence-corrected chi connectivity index (χ2v) is 7.73. The maximum Gasteiger partial charge on any atom is 0.274 e. The SMILES string of the molecule is CCOc1ccc(-c2nc(C(=O)N(C3CC3)C(C)c3ccccn3)cs2)cc1. The number of rotatable bonds is 7. The van der Waals surface area contributed by atoms with Gasteiger partial charge in [-0.05, 0) is 63.1 Å². The lowest BCUT2D eigenvalue weighted by atomic mass is 10.1. The third-order valence-corrected chi connectivity index (χ3v) is 5.73. The van der Waals surface area contributed by atoms with Gasteiger partial charge in [-0.1, -0.05) is 6.07 Å². The number of thiazole rings is 1. The maximum atomic E-state index is 13.2. The molecule has 144 valence electrons. The van der Waals surface area contributed by atoms with Crippen molar-refractivity contribution in [2.45, 2.75) is 38.8 Å². The molecule has 0 saturated heterocycles. The van der Waals surface area contributed by atoms with E-state index in [1.807, 2.05) is 66.6 Å². The van der Waals surface area contributed by atoms with Crippen LogP contribution in [0.2, 0.25) is 0 Å². The number of hydrogen-bond acceptors (Lipinski definition) is 5. The summed E-state index contributed by atoms with van der Waals surface area (Å²) >= 11 is 1.49. The molecule has 2 heterocycles. The number of pyridine rings is 1. The molecular weight excluding hydrogens is 370 g/mol. The number of hydrogen-bond donors (Lipinski definition) is 0. The Hall–Kier alpha value is -2.73. The number of carbonyl (C=O) groups excluding carboxylic acids is 1. The molecule has 1 atom stereocenters. The third-order valence-electron chi connectivity index (χ3n) is 4.84. The van der Waals surface area contributed by atoms with Gasteiger partial charge < -0.3 is 9.64 Å². The van der Waals surface area contributed by atoms with Crippen LogP contribution in [0.4, 0.5) is 0 Å². The first-order valence-corrected chi connectivity index (χ1v) is 10.5. The highest BCUT2D eigenvalue weighted by atomic mass is 32.1. The van der Waals surface area contributed by atoms with Gasteiger partial charge in [0.05, 0.1) is 18.3 Å². The van der Waals surface area contributed by atoms with Crippen molar-refractivity contribution in [3.8, 4) is 16.3 Å². The maximum absolute atomic E-state index is 13.2. The van der Waals surface area contributed by atoms with Crippen molar-refractivity contribution in [2.24, 2.45) is 0 Å². The van der Waals surface area contributed by atoms with Gasteiger partial charge in [-0.15, -0.1) is 11.3 Å². The molecule has 4 rings (SSSR count). The molecule has 28 heavy (non-hydrogen) atoms. The summed E-state index contributed by atoms with van der Waals surface area (Å²) in [4.78, 5) is 24.3. The van der Waals surface area contributed by atoms with Gasteiger partial charge in [0.25, 0.3) is 5.91 Å². The Bertz CT molecular complexity index is 936. The minimum absolute atomic E-state index is 0.0194. The molecule has 1 saturated carbocycles. The molecule has 1 amide bonds. The quantitative estimate of drug-likeness (QED) is 0.569. The Labute approximate surface area is 169 Å². The highest BCUT2D eigenvalue weighted by Gasteiger charge is 2.38. The van der Waals surface area contributed by atoms with Crippen LogP contribution in [0.15, 0.2) is 54.0 Å². The number of nitrogens with zero attached hydrogens (tertiary/aromatic N) is 3. The summed E-state index contributed by atoms with van der Waals surface area (Å²) in [5.41, 5.74) is 2.40. The normalized spacial score (nSPS) is 14.5. The molecule has 0 bridgehead atoms. The molecule has 6 heteroatoms. The lowest BCUT2D eigenvalue weighted by Gasteiger charge is -2.28. The third kappa shape index (κ3) is 3.92. The number of carbonyl (C=O) groups is 1. The smallest absolute Gasteiger partial charge is 0.274 e. The lowest BCUT2D eigenvalue weighted by Crippen LogP contribution is -2.36. The standard InChI is InChI=1S/C22H23N3O2S/c1-3-27-18-11-7-16(8-12-18)21-24-20(14-28-21)22(26)25(17-9-10-17)15(2)19-6-4-5-13-23-19/h4-8,11-15,17H,3,9-10H2,1-2H3. The summed E-state index contributed by atoms with van der Waals surface area (Å²) in [7, 11) is 0. The predicted molar refractivity (Wildman–Crippen MR) is 111 cm³/mol. The van der Waals surface area contributed by atoms with Crippen LogP contribution in [-0.4, -0.2) is 33.4 Å². The van der Waals surface area contributed by atoms with Gasteiger partial charge in [0, 0.05) is 23.2 Å².